The van der Waals surface area contributed by atoms with Crippen molar-refractivity contribution in [3.05, 3.63) is 46.7 Å². The van der Waals surface area contributed by atoms with Crippen molar-refractivity contribution in [2.24, 2.45) is 5.10 Å². The van der Waals surface area contributed by atoms with Crippen molar-refractivity contribution in [2.45, 2.75) is 6.92 Å². The molecule has 28 heavy (non-hydrogen) atoms. The van der Waals surface area contributed by atoms with Crippen LogP contribution < -0.4 is 14.2 Å². The molecule has 2 N–H and O–H groups in total. The number of aromatic hydroxyl groups is 1. The fourth-order valence-corrected chi connectivity index (χ4v) is 2.77. The van der Waals surface area contributed by atoms with Crippen LogP contribution in [-0.2, 0) is 0 Å². The summed E-state index contributed by atoms with van der Waals surface area (Å²) >= 11 is 5.30. The molecule has 0 amide bonds. The van der Waals surface area contributed by atoms with Gasteiger partial charge in [0.1, 0.15) is 5.75 Å². The largest absolute Gasteiger partial charge is 0.502 e. The van der Waals surface area contributed by atoms with Gasteiger partial charge in [-0.25, -0.2) is 5.10 Å². The van der Waals surface area contributed by atoms with Crippen LogP contribution in [0.2, 0.25) is 0 Å². The Kier molecular flexibility index (Phi) is 5.95. The molecule has 0 saturated heterocycles. The first-order valence-corrected chi connectivity index (χ1v) is 8.88. The number of aromatic amines is 1. The Bertz CT molecular complexity index is 1030. The predicted octanol–water partition coefficient (Wildman–Crippen LogP) is 3.61. The van der Waals surface area contributed by atoms with E-state index in [9.17, 15) is 5.11 Å². The van der Waals surface area contributed by atoms with Gasteiger partial charge in [-0.15, -0.1) is 0 Å². The molecular weight excluding hydrogens is 380 g/mol. The summed E-state index contributed by atoms with van der Waals surface area (Å²) in [5, 5.41) is 21.5. The van der Waals surface area contributed by atoms with Crippen molar-refractivity contribution in [3.8, 4) is 34.4 Å². The molecule has 0 saturated carbocycles. The first kappa shape index (κ1) is 19.4. The number of nitrogens with zero attached hydrogens (tertiary/aromatic N) is 3. The lowest BCUT2D eigenvalue weighted by Crippen LogP contribution is -1.97. The van der Waals surface area contributed by atoms with E-state index in [-0.39, 0.29) is 17.2 Å². The third-order valence-corrected chi connectivity index (χ3v) is 4.14. The fourth-order valence-electron chi connectivity index (χ4n) is 2.59. The standard InChI is InChI=1S/C19H20N4O4S/c1-4-27-14-7-5-6-13(10-14)18-21-22-19(28)23(18)20-11-12-8-15(25-2)17(24)16(9-12)26-3/h5-11,24H,4H2,1-3H3,(H,22,28)/b20-11+. The van der Waals surface area contributed by atoms with Crippen LogP contribution in [0.5, 0.6) is 23.0 Å². The molecule has 9 heteroatoms. The van der Waals surface area contributed by atoms with Gasteiger partial charge in [-0.3, -0.25) is 0 Å². The van der Waals surface area contributed by atoms with E-state index in [2.05, 4.69) is 15.3 Å². The van der Waals surface area contributed by atoms with E-state index in [1.807, 2.05) is 31.2 Å². The van der Waals surface area contributed by atoms with E-state index in [1.54, 1.807) is 18.3 Å². The topological polar surface area (TPSA) is 93.9 Å². The number of nitrogens with one attached hydrogen (secondary N) is 1. The summed E-state index contributed by atoms with van der Waals surface area (Å²) in [4.78, 5) is 0. The second-order valence-electron chi connectivity index (χ2n) is 5.64. The zero-order chi connectivity index (χ0) is 20.1. The van der Waals surface area contributed by atoms with Crippen LogP contribution in [0.25, 0.3) is 11.4 Å². The number of methoxy groups -OCH3 is 2. The Hall–Kier alpha value is -3.33. The molecular formula is C19H20N4O4S. The third kappa shape index (κ3) is 3.99. The lowest BCUT2D eigenvalue weighted by Gasteiger charge is -2.09. The number of phenols is 1. The molecule has 146 valence electrons. The second-order valence-corrected chi connectivity index (χ2v) is 6.03. The molecule has 0 aliphatic heterocycles. The van der Waals surface area contributed by atoms with E-state index in [0.29, 0.717) is 22.8 Å². The van der Waals surface area contributed by atoms with Gasteiger partial charge >= 0.3 is 0 Å². The maximum atomic E-state index is 10.0. The van der Waals surface area contributed by atoms with E-state index in [1.165, 1.54) is 18.9 Å². The van der Waals surface area contributed by atoms with Crippen LogP contribution in [0, 0.1) is 4.77 Å². The van der Waals surface area contributed by atoms with Crippen molar-refractivity contribution in [1.29, 1.82) is 0 Å². The van der Waals surface area contributed by atoms with Crippen LogP contribution in [0.4, 0.5) is 0 Å². The maximum absolute atomic E-state index is 10.0. The zero-order valence-electron chi connectivity index (χ0n) is 15.7. The highest BCUT2D eigenvalue weighted by Crippen LogP contribution is 2.36. The van der Waals surface area contributed by atoms with Gasteiger partial charge in [-0.1, -0.05) is 12.1 Å². The van der Waals surface area contributed by atoms with Gasteiger partial charge in [0.05, 0.1) is 27.0 Å². The molecule has 3 rings (SSSR count). The summed E-state index contributed by atoms with van der Waals surface area (Å²) in [6, 6.07) is 10.8. The van der Waals surface area contributed by atoms with Crippen molar-refractivity contribution in [1.82, 2.24) is 14.9 Å². The highest BCUT2D eigenvalue weighted by atomic mass is 32.1. The Morgan fingerprint density at radius 2 is 1.93 bits per heavy atom. The molecule has 3 aromatic rings. The molecule has 8 nitrogen and oxygen atoms in total. The summed E-state index contributed by atoms with van der Waals surface area (Å²) in [6.07, 6.45) is 1.58. The first-order chi connectivity index (χ1) is 13.6. The molecule has 1 aromatic heterocycles. The van der Waals surface area contributed by atoms with Gasteiger partial charge in [0.15, 0.2) is 17.3 Å². The van der Waals surface area contributed by atoms with E-state index < -0.39 is 0 Å². The lowest BCUT2D eigenvalue weighted by atomic mass is 10.2. The number of H-pyrrole nitrogens is 1. The van der Waals surface area contributed by atoms with Gasteiger partial charge in [0, 0.05) is 11.1 Å². The van der Waals surface area contributed by atoms with E-state index in [0.717, 1.165) is 11.3 Å². The summed E-state index contributed by atoms with van der Waals surface area (Å²) in [6.45, 7) is 2.49. The van der Waals surface area contributed by atoms with Crippen LogP contribution in [0.15, 0.2) is 41.5 Å². The summed E-state index contributed by atoms with van der Waals surface area (Å²) in [5.41, 5.74) is 1.46. The van der Waals surface area contributed by atoms with Gasteiger partial charge in [0.25, 0.3) is 0 Å². The Labute approximate surface area is 167 Å². The monoisotopic (exact) mass is 400 g/mol. The minimum absolute atomic E-state index is 0.0736. The number of phenolic OH excluding ortho intramolecular Hbond substituents is 1. The molecule has 0 spiro atoms. The van der Waals surface area contributed by atoms with Crippen LogP contribution in [0.3, 0.4) is 0 Å². The fraction of sp³-hybridized carbons (Fsp3) is 0.211. The number of aromatic nitrogens is 3. The maximum Gasteiger partial charge on any atom is 0.216 e. The van der Waals surface area contributed by atoms with Crippen LogP contribution >= 0.6 is 12.2 Å². The molecule has 0 atom stereocenters. The molecule has 0 fully saturated rings. The summed E-state index contributed by atoms with van der Waals surface area (Å²) < 4.78 is 17.7. The highest BCUT2D eigenvalue weighted by molar-refractivity contribution is 7.71. The number of ether oxygens (including phenoxy) is 3. The van der Waals surface area contributed by atoms with Crippen LogP contribution in [0.1, 0.15) is 12.5 Å². The number of hydrogen-bond acceptors (Lipinski definition) is 7. The number of rotatable bonds is 7. The molecule has 0 bridgehead atoms. The average molecular weight is 400 g/mol. The smallest absolute Gasteiger partial charge is 0.216 e. The van der Waals surface area contributed by atoms with Crippen molar-refractivity contribution in [2.75, 3.05) is 20.8 Å². The number of hydrogen-bond donors (Lipinski definition) is 2. The minimum Gasteiger partial charge on any atom is -0.502 e. The normalized spacial score (nSPS) is 11.0. The van der Waals surface area contributed by atoms with E-state index >= 15 is 0 Å². The summed E-state index contributed by atoms with van der Waals surface area (Å²) in [5.74, 6) is 1.76. The van der Waals surface area contributed by atoms with Crippen molar-refractivity contribution < 1.29 is 19.3 Å². The third-order valence-electron chi connectivity index (χ3n) is 3.88. The van der Waals surface area contributed by atoms with Gasteiger partial charge < -0.3 is 19.3 Å². The molecule has 0 unspecified atom stereocenters. The van der Waals surface area contributed by atoms with Crippen LogP contribution in [-0.4, -0.2) is 47.0 Å². The molecule has 0 aliphatic carbocycles. The minimum atomic E-state index is -0.0736. The first-order valence-electron chi connectivity index (χ1n) is 8.47. The Balaban J connectivity index is 1.99. The molecule has 0 aliphatic rings. The van der Waals surface area contributed by atoms with Gasteiger partial charge in [-0.05, 0) is 43.4 Å². The molecule has 2 aromatic carbocycles. The Morgan fingerprint density at radius 3 is 2.57 bits per heavy atom. The summed E-state index contributed by atoms with van der Waals surface area (Å²) in [7, 11) is 2.93. The molecule has 0 radical (unpaired) electrons. The van der Waals surface area contributed by atoms with E-state index in [4.69, 9.17) is 26.4 Å². The zero-order valence-corrected chi connectivity index (χ0v) is 16.5. The van der Waals surface area contributed by atoms with Gasteiger partial charge in [0.2, 0.25) is 10.5 Å². The molecule has 1 heterocycles. The highest BCUT2D eigenvalue weighted by Gasteiger charge is 2.12. The Morgan fingerprint density at radius 1 is 1.21 bits per heavy atom. The average Bonchev–Trinajstić information content (AvgIpc) is 3.08. The van der Waals surface area contributed by atoms with Crippen molar-refractivity contribution in [3.63, 3.8) is 0 Å². The number of benzene rings is 2. The predicted molar refractivity (Wildman–Crippen MR) is 108 cm³/mol. The van der Waals surface area contributed by atoms with Crippen molar-refractivity contribution >= 4 is 18.4 Å². The lowest BCUT2D eigenvalue weighted by molar-refractivity contribution is 0.340. The van der Waals surface area contributed by atoms with Gasteiger partial charge in [-0.2, -0.15) is 14.9 Å². The quantitative estimate of drug-likeness (QED) is 0.465. The second kappa shape index (κ2) is 8.57. The SMILES string of the molecule is CCOc1cccc(-c2n[nH]c(=S)n2/N=C/c2cc(OC)c(O)c(OC)c2)c1.